The first-order valence-corrected chi connectivity index (χ1v) is 9.76. The van der Waals surface area contributed by atoms with Gasteiger partial charge in [0.15, 0.2) is 11.6 Å². The van der Waals surface area contributed by atoms with E-state index in [4.69, 9.17) is 11.5 Å². The van der Waals surface area contributed by atoms with Gasteiger partial charge in [0.25, 0.3) is 5.91 Å². The van der Waals surface area contributed by atoms with Crippen LogP contribution in [0.1, 0.15) is 36.0 Å². The summed E-state index contributed by atoms with van der Waals surface area (Å²) in [6.07, 6.45) is 3.82. The van der Waals surface area contributed by atoms with Crippen LogP contribution in [0.2, 0.25) is 0 Å². The second-order valence-corrected chi connectivity index (χ2v) is 7.40. The number of hydrogen-bond acceptors (Lipinski definition) is 8. The lowest BCUT2D eigenvalue weighted by atomic mass is 9.91. The molecule has 1 aliphatic rings. The summed E-state index contributed by atoms with van der Waals surface area (Å²) in [7, 11) is 0. The highest BCUT2D eigenvalue weighted by Gasteiger charge is 2.24. The lowest BCUT2D eigenvalue weighted by Crippen LogP contribution is -2.43. The largest absolute Gasteiger partial charge is 0.365 e. The number of carbonyl (C=O) groups excluding carboxylic acids is 1. The van der Waals surface area contributed by atoms with Crippen molar-refractivity contribution in [3.8, 4) is 0 Å². The molecule has 3 aromatic rings. The predicted molar refractivity (Wildman–Crippen MR) is 107 cm³/mol. The van der Waals surface area contributed by atoms with Crippen molar-refractivity contribution in [3.05, 3.63) is 35.6 Å². The Kier molecular flexibility index (Phi) is 5.05. The van der Waals surface area contributed by atoms with Crippen LogP contribution in [-0.2, 0) is 0 Å². The van der Waals surface area contributed by atoms with Crippen LogP contribution in [-0.4, -0.2) is 31.7 Å². The third-order valence-corrected chi connectivity index (χ3v) is 5.46. The molecular formula is C18H20FN7OS. The molecule has 0 aliphatic heterocycles. The number of nitrogens with two attached hydrogens (primary N) is 2. The monoisotopic (exact) mass is 401 g/mol. The highest BCUT2D eigenvalue weighted by atomic mass is 32.1. The van der Waals surface area contributed by atoms with E-state index < -0.39 is 11.7 Å². The molecule has 0 spiro atoms. The molecule has 28 heavy (non-hydrogen) atoms. The number of nitrogens with zero attached hydrogens (tertiary/aromatic N) is 3. The minimum atomic E-state index is -0.772. The molecule has 0 bridgehead atoms. The second-order valence-electron chi connectivity index (χ2n) is 6.87. The van der Waals surface area contributed by atoms with Crippen molar-refractivity contribution in [2.24, 2.45) is 11.5 Å². The molecular weight excluding hydrogens is 381 g/mol. The molecule has 6 N–H and O–H groups in total. The van der Waals surface area contributed by atoms with Crippen LogP contribution in [0.4, 0.5) is 21.7 Å². The molecule has 1 aromatic carbocycles. The molecule has 8 nitrogen and oxygen atoms in total. The van der Waals surface area contributed by atoms with E-state index in [9.17, 15) is 9.18 Å². The van der Waals surface area contributed by atoms with Gasteiger partial charge in [-0.25, -0.2) is 9.37 Å². The number of carbonyl (C=O) groups is 1. The second kappa shape index (κ2) is 7.64. The quantitative estimate of drug-likeness (QED) is 0.517. The minimum Gasteiger partial charge on any atom is -0.365 e. The Hall–Kier alpha value is -2.85. The van der Waals surface area contributed by atoms with Gasteiger partial charge in [0.2, 0.25) is 0 Å². The molecule has 0 saturated heterocycles. The highest BCUT2D eigenvalue weighted by Crippen LogP contribution is 2.27. The fourth-order valence-electron chi connectivity index (χ4n) is 3.38. The molecule has 146 valence electrons. The number of benzene rings is 1. The van der Waals surface area contributed by atoms with E-state index in [0.717, 1.165) is 49.0 Å². The van der Waals surface area contributed by atoms with E-state index in [1.54, 1.807) is 18.2 Å². The van der Waals surface area contributed by atoms with Crippen molar-refractivity contribution in [2.75, 3.05) is 10.6 Å². The maximum Gasteiger partial charge on any atom is 0.252 e. The summed E-state index contributed by atoms with van der Waals surface area (Å²) >= 11 is 1.11. The number of amides is 1. The molecule has 1 saturated carbocycles. The molecule has 4 rings (SSSR count). The van der Waals surface area contributed by atoms with E-state index in [2.05, 4.69) is 24.4 Å². The first-order chi connectivity index (χ1) is 13.5. The smallest absolute Gasteiger partial charge is 0.252 e. The van der Waals surface area contributed by atoms with Gasteiger partial charge in [0.1, 0.15) is 16.9 Å². The number of hydrogen-bond donors (Lipinski definition) is 4. The van der Waals surface area contributed by atoms with Crippen molar-refractivity contribution in [1.82, 2.24) is 13.7 Å². The SMILES string of the molecule is NC(=O)c1cc(F)c(N[C@@H]2CCCC[C@@H]2N)nc1Nc1ccc2nsnc2c1. The van der Waals surface area contributed by atoms with Crippen molar-refractivity contribution < 1.29 is 9.18 Å². The summed E-state index contributed by atoms with van der Waals surface area (Å²) in [6.45, 7) is 0. The summed E-state index contributed by atoms with van der Waals surface area (Å²) < 4.78 is 22.9. The van der Waals surface area contributed by atoms with Gasteiger partial charge >= 0.3 is 0 Å². The van der Waals surface area contributed by atoms with Gasteiger partial charge in [-0.15, -0.1) is 0 Å². The molecule has 1 fully saturated rings. The van der Waals surface area contributed by atoms with Gasteiger partial charge < -0.3 is 22.1 Å². The number of fused-ring (bicyclic) bond motifs is 1. The highest BCUT2D eigenvalue weighted by molar-refractivity contribution is 7.00. The number of primary amides is 1. The maximum absolute atomic E-state index is 14.6. The van der Waals surface area contributed by atoms with Crippen LogP contribution in [0.25, 0.3) is 11.0 Å². The summed E-state index contributed by atoms with van der Waals surface area (Å²) in [5, 5.41) is 6.13. The van der Waals surface area contributed by atoms with E-state index >= 15 is 0 Å². The molecule has 2 heterocycles. The summed E-state index contributed by atoms with van der Waals surface area (Å²) in [6, 6.07) is 6.32. The molecule has 0 radical (unpaired) electrons. The van der Waals surface area contributed by atoms with Crippen LogP contribution < -0.4 is 22.1 Å². The average molecular weight is 401 g/mol. The van der Waals surface area contributed by atoms with E-state index in [1.165, 1.54) is 0 Å². The number of anilines is 3. The van der Waals surface area contributed by atoms with Crippen molar-refractivity contribution in [3.63, 3.8) is 0 Å². The zero-order chi connectivity index (χ0) is 19.7. The Morgan fingerprint density at radius 3 is 2.71 bits per heavy atom. The Bertz CT molecular complexity index is 1020. The van der Waals surface area contributed by atoms with Gasteiger partial charge in [-0.05, 0) is 37.1 Å². The third-order valence-electron chi connectivity index (χ3n) is 4.90. The Balaban J connectivity index is 1.66. The lowest BCUT2D eigenvalue weighted by Gasteiger charge is -2.30. The van der Waals surface area contributed by atoms with Crippen LogP contribution in [0.15, 0.2) is 24.3 Å². The Morgan fingerprint density at radius 2 is 1.93 bits per heavy atom. The molecule has 2 atom stereocenters. The van der Waals surface area contributed by atoms with Crippen LogP contribution in [0, 0.1) is 5.82 Å². The van der Waals surface area contributed by atoms with Crippen LogP contribution in [0.3, 0.4) is 0 Å². The number of nitrogens with one attached hydrogen (secondary N) is 2. The van der Waals surface area contributed by atoms with E-state index in [-0.39, 0.29) is 29.3 Å². The Morgan fingerprint density at radius 1 is 1.14 bits per heavy atom. The summed E-state index contributed by atoms with van der Waals surface area (Å²) in [5.74, 6) is -1.20. The van der Waals surface area contributed by atoms with Crippen molar-refractivity contribution >= 4 is 46.0 Å². The van der Waals surface area contributed by atoms with E-state index in [0.29, 0.717) is 11.2 Å². The summed E-state index contributed by atoms with van der Waals surface area (Å²) in [5.41, 5.74) is 13.7. The number of aromatic nitrogens is 3. The standard InChI is InChI=1S/C18H20FN7OS/c19-11-8-10(16(21)27)17(22-9-5-6-14-15(7-9)26-28-25-14)24-18(11)23-13-4-2-1-3-12(13)20/h5-8,12-13H,1-4,20H2,(H2,21,27)(H2,22,23,24)/t12-,13+/m0/s1. The van der Waals surface area contributed by atoms with Gasteiger partial charge in [-0.1, -0.05) is 12.8 Å². The van der Waals surface area contributed by atoms with Gasteiger partial charge in [-0.2, -0.15) is 8.75 Å². The minimum absolute atomic E-state index is 0.0347. The first kappa shape index (κ1) is 18.5. The molecule has 10 heteroatoms. The van der Waals surface area contributed by atoms with Gasteiger partial charge in [0.05, 0.1) is 17.3 Å². The predicted octanol–water partition coefficient (Wildman–Crippen LogP) is 2.75. The fraction of sp³-hybridized carbons (Fsp3) is 0.333. The lowest BCUT2D eigenvalue weighted by molar-refractivity contribution is 0.100. The Labute approximate surface area is 164 Å². The van der Waals surface area contributed by atoms with Crippen LogP contribution in [0.5, 0.6) is 0 Å². The molecule has 1 amide bonds. The van der Waals surface area contributed by atoms with Gasteiger partial charge in [-0.3, -0.25) is 4.79 Å². The maximum atomic E-state index is 14.6. The topological polar surface area (TPSA) is 132 Å². The zero-order valence-electron chi connectivity index (χ0n) is 15.0. The van der Waals surface area contributed by atoms with E-state index in [1.807, 2.05) is 0 Å². The molecule has 1 aliphatic carbocycles. The fourth-order valence-corrected chi connectivity index (χ4v) is 3.90. The number of pyridine rings is 1. The summed E-state index contributed by atoms with van der Waals surface area (Å²) in [4.78, 5) is 16.1. The molecule has 2 aromatic heterocycles. The average Bonchev–Trinajstić information content (AvgIpc) is 3.13. The molecule has 0 unspecified atom stereocenters. The van der Waals surface area contributed by atoms with Crippen molar-refractivity contribution in [1.29, 1.82) is 0 Å². The van der Waals surface area contributed by atoms with Gasteiger partial charge in [0, 0.05) is 17.8 Å². The third kappa shape index (κ3) is 3.73. The number of rotatable bonds is 5. The normalized spacial score (nSPS) is 19.5. The first-order valence-electron chi connectivity index (χ1n) is 9.03. The van der Waals surface area contributed by atoms with Crippen molar-refractivity contribution in [2.45, 2.75) is 37.8 Å². The number of halogens is 1. The van der Waals surface area contributed by atoms with Crippen LogP contribution >= 0.6 is 11.7 Å². The zero-order valence-corrected chi connectivity index (χ0v) is 15.8.